The average molecular weight is 277 g/mol. The Balaban J connectivity index is 1.64. The van der Waals surface area contributed by atoms with E-state index in [-0.39, 0.29) is 5.92 Å². The molecule has 1 unspecified atom stereocenters. The molecule has 3 aliphatic rings. The molecule has 0 aliphatic carbocycles. The summed E-state index contributed by atoms with van der Waals surface area (Å²) in [6.07, 6.45) is 3.24. The van der Waals surface area contributed by atoms with Crippen molar-refractivity contribution < 1.29 is 4.79 Å². The van der Waals surface area contributed by atoms with Crippen LogP contribution in [-0.2, 0) is 4.79 Å². The maximum Gasteiger partial charge on any atom is 0.226 e. The first-order chi connectivity index (χ1) is 9.56. The topological polar surface area (TPSA) is 26.8 Å². The highest BCUT2D eigenvalue weighted by Crippen LogP contribution is 2.32. The highest BCUT2D eigenvalue weighted by molar-refractivity contribution is 5.79. The van der Waals surface area contributed by atoms with Crippen molar-refractivity contribution in [3.8, 4) is 0 Å². The summed E-state index contributed by atoms with van der Waals surface area (Å²) in [5.74, 6) is 0.662. The Labute approximate surface area is 122 Å². The van der Waals surface area contributed by atoms with Crippen LogP contribution < -0.4 is 0 Å². The quantitative estimate of drug-likeness (QED) is 0.727. The normalized spacial score (nSPS) is 29.1. The van der Waals surface area contributed by atoms with E-state index in [1.807, 2.05) is 0 Å². The minimum Gasteiger partial charge on any atom is -0.369 e. The maximum atomic E-state index is 12.7. The van der Waals surface area contributed by atoms with Crippen LogP contribution in [0.1, 0.15) is 33.1 Å². The van der Waals surface area contributed by atoms with Crippen molar-refractivity contribution >= 4 is 5.91 Å². The van der Waals surface area contributed by atoms with Crippen LogP contribution in [0.4, 0.5) is 0 Å². The smallest absolute Gasteiger partial charge is 0.226 e. The van der Waals surface area contributed by atoms with E-state index < -0.39 is 0 Å². The van der Waals surface area contributed by atoms with E-state index >= 15 is 0 Å². The number of fused-ring (bicyclic) bond motifs is 1. The van der Waals surface area contributed by atoms with Crippen LogP contribution in [0.15, 0.2) is 11.3 Å². The summed E-state index contributed by atoms with van der Waals surface area (Å²) in [5.41, 5.74) is 2.91. The molecule has 2 saturated heterocycles. The van der Waals surface area contributed by atoms with Crippen molar-refractivity contribution in [3.63, 3.8) is 0 Å². The molecule has 0 radical (unpaired) electrons. The molecule has 3 aliphatic heterocycles. The molecule has 20 heavy (non-hydrogen) atoms. The zero-order valence-electron chi connectivity index (χ0n) is 13.1. The van der Waals surface area contributed by atoms with Gasteiger partial charge in [0.2, 0.25) is 5.91 Å². The Bertz CT molecular complexity index is 423. The van der Waals surface area contributed by atoms with E-state index in [1.165, 1.54) is 17.7 Å². The number of carbonyl (C=O) groups is 1. The van der Waals surface area contributed by atoms with Gasteiger partial charge in [-0.25, -0.2) is 0 Å². The summed E-state index contributed by atoms with van der Waals surface area (Å²) in [7, 11) is 2.15. The molecule has 0 aromatic heterocycles. The van der Waals surface area contributed by atoms with Gasteiger partial charge >= 0.3 is 0 Å². The predicted molar refractivity (Wildman–Crippen MR) is 80.3 cm³/mol. The van der Waals surface area contributed by atoms with Crippen LogP contribution in [0.25, 0.3) is 0 Å². The summed E-state index contributed by atoms with van der Waals surface area (Å²) < 4.78 is 0. The number of piperidine rings is 1. The molecule has 4 heteroatoms. The Hall–Kier alpha value is -1.03. The Morgan fingerprint density at radius 1 is 1.15 bits per heavy atom. The number of piperazine rings is 1. The lowest BCUT2D eigenvalue weighted by atomic mass is 9.95. The molecule has 3 rings (SSSR count). The van der Waals surface area contributed by atoms with Gasteiger partial charge in [-0.3, -0.25) is 4.79 Å². The molecule has 1 atom stereocenters. The zero-order chi connectivity index (χ0) is 14.3. The molecular weight excluding hydrogens is 250 g/mol. The van der Waals surface area contributed by atoms with Gasteiger partial charge in [0.1, 0.15) is 0 Å². The number of amides is 1. The van der Waals surface area contributed by atoms with Gasteiger partial charge in [0, 0.05) is 30.7 Å². The second kappa shape index (κ2) is 5.40. The second-order valence-corrected chi connectivity index (χ2v) is 6.81. The summed E-state index contributed by atoms with van der Waals surface area (Å²) >= 11 is 0. The van der Waals surface area contributed by atoms with Gasteiger partial charge in [-0.2, -0.15) is 0 Å². The van der Waals surface area contributed by atoms with Crippen LogP contribution in [0.2, 0.25) is 0 Å². The molecule has 0 bridgehead atoms. The van der Waals surface area contributed by atoms with E-state index in [9.17, 15) is 4.79 Å². The Morgan fingerprint density at radius 3 is 2.55 bits per heavy atom. The molecule has 4 nitrogen and oxygen atoms in total. The third kappa shape index (κ3) is 2.46. The number of rotatable bonds is 1. The van der Waals surface area contributed by atoms with Gasteiger partial charge in [0.25, 0.3) is 0 Å². The van der Waals surface area contributed by atoms with Gasteiger partial charge in [-0.05, 0) is 53.2 Å². The number of hydrogen-bond acceptors (Lipinski definition) is 3. The monoisotopic (exact) mass is 277 g/mol. The average Bonchev–Trinajstić information content (AvgIpc) is 2.74. The van der Waals surface area contributed by atoms with Crippen molar-refractivity contribution in [2.75, 3.05) is 39.8 Å². The highest BCUT2D eigenvalue weighted by Gasteiger charge is 2.35. The lowest BCUT2D eigenvalue weighted by Crippen LogP contribution is -2.50. The molecule has 3 heterocycles. The van der Waals surface area contributed by atoms with Gasteiger partial charge in [-0.1, -0.05) is 5.57 Å². The number of nitrogens with zero attached hydrogens (tertiary/aromatic N) is 3. The first kappa shape index (κ1) is 13.9. The minimum atomic E-state index is 0.262. The van der Waals surface area contributed by atoms with E-state index in [4.69, 9.17) is 0 Å². The first-order valence-electron chi connectivity index (χ1n) is 7.99. The lowest BCUT2D eigenvalue weighted by molar-refractivity contribution is -0.137. The van der Waals surface area contributed by atoms with E-state index in [2.05, 4.69) is 35.6 Å². The largest absolute Gasteiger partial charge is 0.369 e. The fourth-order valence-corrected chi connectivity index (χ4v) is 3.95. The molecule has 0 N–H and O–H groups in total. The molecule has 0 saturated carbocycles. The van der Waals surface area contributed by atoms with Gasteiger partial charge in [-0.15, -0.1) is 0 Å². The molecule has 0 aromatic rings. The van der Waals surface area contributed by atoms with Crippen LogP contribution >= 0.6 is 0 Å². The SMILES string of the molecule is CC1=C2CN(C(=O)C3CCN(C)CC3)CCN2C(C)C1. The molecular formula is C16H27N3O. The van der Waals surface area contributed by atoms with Crippen LogP contribution in [0, 0.1) is 5.92 Å². The maximum absolute atomic E-state index is 12.7. The molecule has 0 aromatic carbocycles. The molecule has 2 fully saturated rings. The third-order valence-electron chi connectivity index (χ3n) is 5.30. The van der Waals surface area contributed by atoms with E-state index in [1.54, 1.807) is 0 Å². The molecule has 1 amide bonds. The Kier molecular flexibility index (Phi) is 3.76. The van der Waals surface area contributed by atoms with Crippen LogP contribution in [-0.4, -0.2) is 66.4 Å². The fourth-order valence-electron chi connectivity index (χ4n) is 3.95. The van der Waals surface area contributed by atoms with Gasteiger partial charge < -0.3 is 14.7 Å². The number of hydrogen-bond donors (Lipinski definition) is 0. The van der Waals surface area contributed by atoms with Gasteiger partial charge in [0.15, 0.2) is 0 Å². The predicted octanol–water partition coefficient (Wildman–Crippen LogP) is 1.54. The van der Waals surface area contributed by atoms with E-state index in [0.29, 0.717) is 11.9 Å². The van der Waals surface area contributed by atoms with Gasteiger partial charge in [0.05, 0.1) is 6.54 Å². The minimum absolute atomic E-state index is 0.262. The van der Waals surface area contributed by atoms with E-state index in [0.717, 1.165) is 45.6 Å². The van der Waals surface area contributed by atoms with Crippen molar-refractivity contribution in [2.24, 2.45) is 5.92 Å². The summed E-state index contributed by atoms with van der Waals surface area (Å²) in [4.78, 5) is 19.7. The fraction of sp³-hybridized carbons (Fsp3) is 0.812. The zero-order valence-corrected chi connectivity index (χ0v) is 13.1. The Morgan fingerprint density at radius 2 is 1.85 bits per heavy atom. The highest BCUT2D eigenvalue weighted by atomic mass is 16.2. The number of carbonyl (C=O) groups excluding carboxylic acids is 1. The first-order valence-corrected chi connectivity index (χ1v) is 7.99. The summed E-state index contributed by atoms with van der Waals surface area (Å²) in [6.45, 7) is 9.43. The van der Waals surface area contributed by atoms with Crippen molar-refractivity contribution in [3.05, 3.63) is 11.3 Å². The van der Waals surface area contributed by atoms with Crippen molar-refractivity contribution in [1.82, 2.24) is 14.7 Å². The molecule has 0 spiro atoms. The third-order valence-corrected chi connectivity index (χ3v) is 5.30. The van der Waals surface area contributed by atoms with Crippen molar-refractivity contribution in [1.29, 1.82) is 0 Å². The van der Waals surface area contributed by atoms with Crippen molar-refractivity contribution in [2.45, 2.75) is 39.2 Å². The molecule has 112 valence electrons. The summed E-state index contributed by atoms with van der Waals surface area (Å²) in [6, 6.07) is 0.630. The number of likely N-dealkylation sites (tertiary alicyclic amines) is 1. The standard InChI is InChI=1S/C16H27N3O/c1-12-10-13(2)19-9-8-18(11-15(12)19)16(20)14-4-6-17(3)7-5-14/h13-14H,4-11H2,1-3H3. The van der Waals surface area contributed by atoms with Crippen LogP contribution in [0.5, 0.6) is 0 Å². The summed E-state index contributed by atoms with van der Waals surface area (Å²) in [5, 5.41) is 0. The lowest BCUT2D eigenvalue weighted by Gasteiger charge is -2.40. The second-order valence-electron chi connectivity index (χ2n) is 6.81. The van der Waals surface area contributed by atoms with Crippen LogP contribution in [0.3, 0.4) is 0 Å².